The van der Waals surface area contributed by atoms with Gasteiger partial charge in [-0.15, -0.1) is 0 Å². The Hall–Kier alpha value is -2.13. The van der Waals surface area contributed by atoms with Gasteiger partial charge in [0.1, 0.15) is 0 Å². The van der Waals surface area contributed by atoms with E-state index in [1.165, 1.54) is 170 Å². The van der Waals surface area contributed by atoms with Crippen molar-refractivity contribution in [3.63, 3.8) is 0 Å². The van der Waals surface area contributed by atoms with Crippen LogP contribution in [0.4, 0.5) is 0 Å². The summed E-state index contributed by atoms with van der Waals surface area (Å²) in [7, 11) is 0. The first-order chi connectivity index (χ1) is 34.9. The molecule has 3 amide bonds. The molecule has 1 rings (SSSR count). The van der Waals surface area contributed by atoms with Gasteiger partial charge in [0.15, 0.2) is 0 Å². The number of thioether (sulfide) groups is 3. The summed E-state index contributed by atoms with van der Waals surface area (Å²) in [6, 6.07) is 0. The predicted octanol–water partition coefficient (Wildman–Crippen LogP) is 15.2. The number of rotatable bonds is 51. The van der Waals surface area contributed by atoms with Gasteiger partial charge in [0, 0.05) is 52.3 Å². The second kappa shape index (κ2) is 47.3. The van der Waals surface area contributed by atoms with Gasteiger partial charge in [-0.3, -0.25) is 28.8 Å². The molecule has 15 heteroatoms. The van der Waals surface area contributed by atoms with Crippen LogP contribution in [0.1, 0.15) is 271 Å². The largest absolute Gasteiger partial charge is 0.481 e. The predicted molar refractivity (Wildman–Crippen MR) is 304 cm³/mol. The maximum Gasteiger partial charge on any atom is 0.304 e. The first kappa shape index (κ1) is 67.9. The average molecular weight is 1070 g/mol. The fourth-order valence-electron chi connectivity index (χ4n) is 9.53. The molecule has 0 spiro atoms. The van der Waals surface area contributed by atoms with E-state index in [4.69, 9.17) is 0 Å². The van der Waals surface area contributed by atoms with Crippen LogP contribution in [0.3, 0.4) is 0 Å². The van der Waals surface area contributed by atoms with Crippen LogP contribution in [-0.4, -0.2) is 119 Å². The Kier molecular flexibility index (Phi) is 44.6. The number of carbonyl (C=O) groups excluding carboxylic acids is 3. The third-order valence-corrected chi connectivity index (χ3v) is 17.9. The van der Waals surface area contributed by atoms with Crippen molar-refractivity contribution in [1.29, 1.82) is 0 Å². The lowest BCUT2D eigenvalue weighted by Crippen LogP contribution is -2.59. The van der Waals surface area contributed by atoms with Crippen molar-refractivity contribution in [2.24, 2.45) is 0 Å². The summed E-state index contributed by atoms with van der Waals surface area (Å²) in [5, 5.41) is 28.7. The van der Waals surface area contributed by atoms with Crippen molar-refractivity contribution in [1.82, 2.24) is 14.7 Å². The molecule has 1 heterocycles. The Morgan fingerprint density at radius 1 is 0.333 bits per heavy atom. The van der Waals surface area contributed by atoms with Gasteiger partial charge < -0.3 is 30.0 Å². The molecule has 0 aromatic heterocycles. The minimum atomic E-state index is -0.845. The first-order valence-electron chi connectivity index (χ1n) is 29.2. The Morgan fingerprint density at radius 3 is 0.722 bits per heavy atom. The minimum absolute atomic E-state index is 0.0411. The number of hydrogen-bond acceptors (Lipinski definition) is 9. The number of unbranched alkanes of at least 4 members (excludes halogenated alkanes) is 27. The molecule has 3 unspecified atom stereocenters. The Labute approximate surface area is 451 Å². The van der Waals surface area contributed by atoms with Gasteiger partial charge in [-0.2, -0.15) is 35.3 Å². The summed E-state index contributed by atoms with van der Waals surface area (Å²) < 4.78 is 0. The smallest absolute Gasteiger partial charge is 0.304 e. The van der Waals surface area contributed by atoms with Crippen LogP contribution < -0.4 is 0 Å². The average Bonchev–Trinajstić information content (AvgIpc) is 3.34. The molecule has 3 atom stereocenters. The van der Waals surface area contributed by atoms with Gasteiger partial charge in [0.05, 0.1) is 39.3 Å². The molecule has 0 aromatic carbocycles. The molecular weight excluding hydrogens is 967 g/mol. The number of nitrogens with zero attached hydrogens (tertiary/aromatic N) is 3. The van der Waals surface area contributed by atoms with Crippen LogP contribution in [0, 0.1) is 0 Å². The molecule has 3 N–H and O–H groups in total. The van der Waals surface area contributed by atoms with Gasteiger partial charge >= 0.3 is 17.9 Å². The van der Waals surface area contributed by atoms with E-state index in [1.54, 1.807) is 14.7 Å². The molecule has 420 valence electrons. The van der Waals surface area contributed by atoms with Crippen LogP contribution in [0.2, 0.25) is 0 Å². The van der Waals surface area contributed by atoms with Crippen molar-refractivity contribution >= 4 is 70.9 Å². The van der Waals surface area contributed by atoms with Gasteiger partial charge in [0.25, 0.3) is 0 Å². The number of carbonyl (C=O) groups is 6. The standard InChI is InChI=1S/C57H105N3O9S3/c1-4-7-10-13-16-19-22-25-28-31-34-49(43-55(64)65)70-40-37-52(61)58-46-59(53(62)38-41-71-50(44-56(66)67)35-32-29-26-23-20-17-14-11-8-5-2)48-60(47-58)54(63)39-42-72-51(45-57(68)69)36-33-30-27-24-21-18-15-12-9-6-3/h49-51H,4-48H2,1-3H3,(H,64,65)(H,66,67)(H,68,69). The van der Waals surface area contributed by atoms with Gasteiger partial charge in [0.2, 0.25) is 17.7 Å². The van der Waals surface area contributed by atoms with E-state index in [9.17, 15) is 44.1 Å². The highest BCUT2D eigenvalue weighted by atomic mass is 32.2. The van der Waals surface area contributed by atoms with Crippen LogP contribution in [-0.2, 0) is 28.8 Å². The van der Waals surface area contributed by atoms with Crippen molar-refractivity contribution in [3.8, 4) is 0 Å². The van der Waals surface area contributed by atoms with E-state index < -0.39 is 17.9 Å². The van der Waals surface area contributed by atoms with Crippen molar-refractivity contribution in [3.05, 3.63) is 0 Å². The molecule has 0 aromatic rings. The van der Waals surface area contributed by atoms with E-state index in [0.29, 0.717) is 17.3 Å². The van der Waals surface area contributed by atoms with Crippen LogP contribution in [0.15, 0.2) is 0 Å². The molecule has 0 saturated carbocycles. The molecule has 12 nitrogen and oxygen atoms in total. The lowest BCUT2D eigenvalue weighted by molar-refractivity contribution is -0.158. The number of hydrogen-bond donors (Lipinski definition) is 3. The molecule has 1 aliphatic heterocycles. The molecule has 1 saturated heterocycles. The monoisotopic (exact) mass is 1070 g/mol. The van der Waals surface area contributed by atoms with Gasteiger partial charge in [-0.05, 0) is 19.3 Å². The Bertz CT molecular complexity index is 1240. The zero-order chi connectivity index (χ0) is 52.9. The Balaban J connectivity index is 2.87. The fourth-order valence-corrected chi connectivity index (χ4v) is 13.2. The normalized spacial score (nSPS) is 14.1. The summed E-state index contributed by atoms with van der Waals surface area (Å²) in [6.45, 7) is 6.81. The lowest BCUT2D eigenvalue weighted by Gasteiger charge is -2.42. The maximum atomic E-state index is 13.9. The van der Waals surface area contributed by atoms with E-state index in [2.05, 4.69) is 20.8 Å². The molecule has 0 radical (unpaired) electrons. The fraction of sp³-hybridized carbons (Fsp3) is 0.895. The third kappa shape index (κ3) is 39.3. The van der Waals surface area contributed by atoms with Gasteiger partial charge in [-0.25, -0.2) is 0 Å². The molecular formula is C57H105N3O9S3. The molecule has 0 bridgehead atoms. The number of amides is 3. The summed E-state index contributed by atoms with van der Waals surface area (Å²) in [4.78, 5) is 81.6. The molecule has 72 heavy (non-hydrogen) atoms. The van der Waals surface area contributed by atoms with Crippen LogP contribution >= 0.6 is 35.3 Å². The highest BCUT2D eigenvalue weighted by molar-refractivity contribution is 8.00. The zero-order valence-corrected chi connectivity index (χ0v) is 48.4. The SMILES string of the molecule is CCCCCCCCCCCCC(CC(=O)O)SCCC(=O)N1CN(C(=O)CCSC(CCCCCCCCCCCC)CC(=O)O)CN(C(=O)CCSC(CCCCCCCCCCCC)CC(=O)O)C1. The zero-order valence-electron chi connectivity index (χ0n) is 45.9. The topological polar surface area (TPSA) is 173 Å². The van der Waals surface area contributed by atoms with Crippen LogP contribution in [0.5, 0.6) is 0 Å². The summed E-state index contributed by atoms with van der Waals surface area (Å²) in [5.74, 6) is -1.83. The molecule has 1 fully saturated rings. The van der Waals surface area contributed by atoms with E-state index in [0.717, 1.165) is 77.0 Å². The number of carboxylic acids is 3. The van der Waals surface area contributed by atoms with E-state index in [1.807, 2.05) is 0 Å². The second-order valence-electron chi connectivity index (χ2n) is 20.7. The van der Waals surface area contributed by atoms with Crippen molar-refractivity contribution in [2.75, 3.05) is 37.3 Å². The quantitative estimate of drug-likeness (QED) is 0.0493. The van der Waals surface area contributed by atoms with Crippen molar-refractivity contribution in [2.45, 2.75) is 287 Å². The van der Waals surface area contributed by atoms with E-state index >= 15 is 0 Å². The number of carboxylic acid groups (broad SMARTS) is 3. The number of aliphatic carboxylic acids is 3. The second-order valence-corrected chi connectivity index (χ2v) is 24.9. The van der Waals surface area contributed by atoms with Gasteiger partial charge in [-0.1, -0.05) is 213 Å². The first-order valence-corrected chi connectivity index (χ1v) is 32.4. The molecule has 1 aliphatic rings. The van der Waals surface area contributed by atoms with E-state index in [-0.39, 0.29) is 92.0 Å². The highest BCUT2D eigenvalue weighted by Gasteiger charge is 2.32. The summed E-state index contributed by atoms with van der Waals surface area (Å²) in [5.41, 5.74) is 0. The van der Waals surface area contributed by atoms with Crippen LogP contribution in [0.25, 0.3) is 0 Å². The Morgan fingerprint density at radius 2 is 0.528 bits per heavy atom. The maximum absolute atomic E-state index is 13.9. The molecule has 0 aliphatic carbocycles. The highest BCUT2D eigenvalue weighted by Crippen LogP contribution is 2.27. The third-order valence-electron chi connectivity index (χ3n) is 13.9. The summed E-state index contributed by atoms with van der Waals surface area (Å²) in [6.07, 6.45) is 39.2. The lowest BCUT2D eigenvalue weighted by atomic mass is 10.0. The van der Waals surface area contributed by atoms with Crippen molar-refractivity contribution < 1.29 is 44.1 Å². The summed E-state index contributed by atoms with van der Waals surface area (Å²) >= 11 is 4.56. The minimum Gasteiger partial charge on any atom is -0.481 e.